The fraction of sp³-hybridized carbons (Fsp3) is 0.458. The SMILES string of the molecule is Fc1ccc([C@@H]2C[C@@H](N3CCN(CCN4CCNC4=S)CC3)c3cc(F)ccc32)cc1. The molecule has 4 nitrogen and oxygen atoms in total. The summed E-state index contributed by atoms with van der Waals surface area (Å²) in [5.41, 5.74) is 3.37. The molecule has 0 spiro atoms. The number of hydrogen-bond acceptors (Lipinski definition) is 3. The van der Waals surface area contributed by atoms with Crippen molar-refractivity contribution in [1.82, 2.24) is 20.0 Å². The van der Waals surface area contributed by atoms with Crippen molar-refractivity contribution >= 4 is 17.3 Å². The summed E-state index contributed by atoms with van der Waals surface area (Å²) in [5, 5.41) is 4.09. The van der Waals surface area contributed by atoms with Gasteiger partial charge in [-0.3, -0.25) is 9.80 Å². The van der Waals surface area contributed by atoms with Crippen molar-refractivity contribution < 1.29 is 8.78 Å². The van der Waals surface area contributed by atoms with Gasteiger partial charge < -0.3 is 10.2 Å². The molecule has 0 saturated carbocycles. The summed E-state index contributed by atoms with van der Waals surface area (Å²) in [7, 11) is 0. The molecule has 0 unspecified atom stereocenters. The minimum Gasteiger partial charge on any atom is -0.361 e. The number of rotatable bonds is 5. The number of benzene rings is 2. The van der Waals surface area contributed by atoms with Crippen molar-refractivity contribution in [2.75, 3.05) is 52.4 Å². The fourth-order valence-electron chi connectivity index (χ4n) is 5.27. The van der Waals surface area contributed by atoms with Crippen molar-refractivity contribution in [3.63, 3.8) is 0 Å². The van der Waals surface area contributed by atoms with Crippen molar-refractivity contribution in [2.24, 2.45) is 0 Å². The quantitative estimate of drug-likeness (QED) is 0.715. The first-order valence-corrected chi connectivity index (χ1v) is 11.5. The van der Waals surface area contributed by atoms with Gasteiger partial charge in [-0.25, -0.2) is 8.78 Å². The van der Waals surface area contributed by atoms with E-state index in [2.05, 4.69) is 20.0 Å². The van der Waals surface area contributed by atoms with Crippen LogP contribution in [0.25, 0.3) is 0 Å². The summed E-state index contributed by atoms with van der Waals surface area (Å²) < 4.78 is 27.6. The van der Waals surface area contributed by atoms with E-state index in [4.69, 9.17) is 12.2 Å². The minimum absolute atomic E-state index is 0.183. The number of piperazine rings is 1. The summed E-state index contributed by atoms with van der Waals surface area (Å²) in [6.07, 6.45) is 0.915. The Morgan fingerprint density at radius 2 is 1.61 bits per heavy atom. The van der Waals surface area contributed by atoms with Crippen LogP contribution in [0, 0.1) is 11.6 Å². The van der Waals surface area contributed by atoms with Crippen molar-refractivity contribution in [3.8, 4) is 0 Å². The second kappa shape index (κ2) is 8.81. The van der Waals surface area contributed by atoms with Gasteiger partial charge in [-0.15, -0.1) is 0 Å². The summed E-state index contributed by atoms with van der Waals surface area (Å²) in [5.74, 6) is -0.223. The molecule has 2 aromatic rings. The lowest BCUT2D eigenvalue weighted by Gasteiger charge is -2.39. The Kier molecular flexibility index (Phi) is 5.91. The first-order valence-electron chi connectivity index (χ1n) is 11.1. The van der Waals surface area contributed by atoms with Crippen molar-refractivity contribution in [2.45, 2.75) is 18.4 Å². The van der Waals surface area contributed by atoms with Crippen LogP contribution < -0.4 is 5.32 Å². The van der Waals surface area contributed by atoms with E-state index in [-0.39, 0.29) is 23.6 Å². The molecule has 2 atom stereocenters. The van der Waals surface area contributed by atoms with Crippen LogP contribution in [0.5, 0.6) is 0 Å². The Balaban J connectivity index is 1.26. The highest BCUT2D eigenvalue weighted by Gasteiger charge is 2.36. The molecule has 2 aromatic carbocycles. The monoisotopic (exact) mass is 442 g/mol. The molecule has 3 aliphatic rings. The van der Waals surface area contributed by atoms with E-state index in [1.807, 2.05) is 18.2 Å². The Morgan fingerprint density at radius 1 is 0.871 bits per heavy atom. The topological polar surface area (TPSA) is 21.8 Å². The van der Waals surface area contributed by atoms with Crippen LogP contribution in [0.15, 0.2) is 42.5 Å². The van der Waals surface area contributed by atoms with Crippen LogP contribution in [-0.2, 0) is 0 Å². The molecule has 2 fully saturated rings. The van der Waals surface area contributed by atoms with Gasteiger partial charge in [0.15, 0.2) is 5.11 Å². The molecule has 2 aliphatic heterocycles. The molecule has 164 valence electrons. The third kappa shape index (κ3) is 4.31. The van der Waals surface area contributed by atoms with Crippen LogP contribution in [0.2, 0.25) is 0 Å². The standard InChI is InChI=1S/C24H28F2N4S/c25-18-3-1-17(2-4-18)21-16-23(22-15-19(26)5-6-20(21)22)29-12-9-28(10-13-29)11-14-30-8-7-27-24(30)31/h1-6,15,21,23H,7-14,16H2,(H,27,31)/t21-,23+/m0/s1. The van der Waals surface area contributed by atoms with E-state index in [1.165, 1.54) is 17.7 Å². The van der Waals surface area contributed by atoms with E-state index in [0.717, 1.165) is 75.0 Å². The number of thiocarbonyl (C=S) groups is 1. The molecular weight excluding hydrogens is 414 g/mol. The molecule has 0 amide bonds. The normalized spacial score (nSPS) is 24.5. The van der Waals surface area contributed by atoms with E-state index < -0.39 is 0 Å². The molecule has 1 aliphatic carbocycles. The van der Waals surface area contributed by atoms with E-state index in [0.29, 0.717) is 0 Å². The van der Waals surface area contributed by atoms with E-state index >= 15 is 0 Å². The molecule has 1 N–H and O–H groups in total. The number of nitrogens with zero attached hydrogens (tertiary/aromatic N) is 3. The average molecular weight is 443 g/mol. The highest BCUT2D eigenvalue weighted by Crippen LogP contribution is 2.47. The van der Waals surface area contributed by atoms with Gasteiger partial charge in [-0.1, -0.05) is 18.2 Å². The van der Waals surface area contributed by atoms with Gasteiger partial charge in [-0.2, -0.15) is 0 Å². The zero-order valence-corrected chi connectivity index (χ0v) is 18.4. The summed E-state index contributed by atoms with van der Waals surface area (Å²) in [6.45, 7) is 7.89. The third-order valence-electron chi connectivity index (χ3n) is 6.99. The van der Waals surface area contributed by atoms with E-state index in [9.17, 15) is 8.78 Å². The molecule has 0 aromatic heterocycles. The molecule has 2 saturated heterocycles. The maximum absolute atomic E-state index is 14.1. The molecule has 31 heavy (non-hydrogen) atoms. The second-order valence-corrected chi connectivity index (χ2v) is 9.11. The Hall–Kier alpha value is -2.09. The Morgan fingerprint density at radius 3 is 2.32 bits per heavy atom. The van der Waals surface area contributed by atoms with Gasteiger partial charge in [0.05, 0.1) is 0 Å². The van der Waals surface area contributed by atoms with Gasteiger partial charge >= 0.3 is 0 Å². The lowest BCUT2D eigenvalue weighted by atomic mass is 9.93. The molecule has 2 heterocycles. The Bertz CT molecular complexity index is 943. The van der Waals surface area contributed by atoms with Crippen LogP contribution in [-0.4, -0.2) is 72.2 Å². The van der Waals surface area contributed by atoms with Gasteiger partial charge in [-0.05, 0) is 59.6 Å². The highest BCUT2D eigenvalue weighted by molar-refractivity contribution is 7.80. The van der Waals surface area contributed by atoms with E-state index in [1.54, 1.807) is 12.1 Å². The summed E-state index contributed by atoms with van der Waals surface area (Å²) in [6, 6.07) is 12.2. The molecule has 7 heteroatoms. The minimum atomic E-state index is -0.223. The summed E-state index contributed by atoms with van der Waals surface area (Å²) >= 11 is 5.34. The molecule has 0 bridgehead atoms. The number of fused-ring (bicyclic) bond motifs is 1. The van der Waals surface area contributed by atoms with Gasteiger partial charge in [0.25, 0.3) is 0 Å². The van der Waals surface area contributed by atoms with Gasteiger partial charge in [0, 0.05) is 64.3 Å². The third-order valence-corrected chi connectivity index (χ3v) is 7.40. The zero-order valence-electron chi connectivity index (χ0n) is 17.6. The van der Waals surface area contributed by atoms with Crippen LogP contribution in [0.4, 0.5) is 8.78 Å². The predicted molar refractivity (Wildman–Crippen MR) is 122 cm³/mol. The number of nitrogens with one attached hydrogen (secondary N) is 1. The largest absolute Gasteiger partial charge is 0.361 e. The van der Waals surface area contributed by atoms with Crippen molar-refractivity contribution in [1.29, 1.82) is 0 Å². The van der Waals surface area contributed by atoms with Gasteiger partial charge in [0.2, 0.25) is 0 Å². The lowest BCUT2D eigenvalue weighted by molar-refractivity contribution is 0.0920. The summed E-state index contributed by atoms with van der Waals surface area (Å²) in [4.78, 5) is 7.24. The smallest absolute Gasteiger partial charge is 0.169 e. The predicted octanol–water partition coefficient (Wildman–Crippen LogP) is 3.35. The molecule has 5 rings (SSSR count). The highest BCUT2D eigenvalue weighted by atomic mass is 32.1. The lowest BCUT2D eigenvalue weighted by Crippen LogP contribution is -2.49. The maximum Gasteiger partial charge on any atom is 0.169 e. The fourth-order valence-corrected chi connectivity index (χ4v) is 5.56. The second-order valence-electron chi connectivity index (χ2n) is 8.73. The van der Waals surface area contributed by atoms with Gasteiger partial charge in [0.1, 0.15) is 11.6 Å². The van der Waals surface area contributed by atoms with Crippen LogP contribution in [0.3, 0.4) is 0 Å². The van der Waals surface area contributed by atoms with Crippen molar-refractivity contribution in [3.05, 3.63) is 70.8 Å². The zero-order chi connectivity index (χ0) is 21.4. The molecule has 0 radical (unpaired) electrons. The first kappa shape index (κ1) is 20.8. The maximum atomic E-state index is 14.1. The molecular formula is C24H28F2N4S. The average Bonchev–Trinajstić information content (AvgIpc) is 3.36. The number of halogens is 2. The first-order chi connectivity index (χ1) is 15.1. The number of hydrogen-bond donors (Lipinski definition) is 1. The Labute approximate surface area is 187 Å². The van der Waals surface area contributed by atoms with Crippen LogP contribution >= 0.6 is 12.2 Å². The van der Waals surface area contributed by atoms with Crippen LogP contribution in [0.1, 0.15) is 35.1 Å².